The van der Waals surface area contributed by atoms with E-state index in [2.05, 4.69) is 23.3 Å². The number of amidine groups is 1. The predicted molar refractivity (Wildman–Crippen MR) is 84.7 cm³/mol. The van der Waals surface area contributed by atoms with Crippen LogP contribution in [-0.2, 0) is 22.8 Å². The second-order valence-corrected chi connectivity index (χ2v) is 7.30. The van der Waals surface area contributed by atoms with Crippen LogP contribution in [0, 0.1) is 0 Å². The molecule has 3 rings (SSSR count). The molecule has 0 unspecified atom stereocenters. The maximum absolute atomic E-state index is 12.0. The van der Waals surface area contributed by atoms with Crippen LogP contribution in [0.1, 0.15) is 12.5 Å². The lowest BCUT2D eigenvalue weighted by Crippen LogP contribution is -2.23. The number of hydrogen-bond acceptors (Lipinski definition) is 4. The molecular formula is C15H19N3O2S. The summed E-state index contributed by atoms with van der Waals surface area (Å²) in [6.07, 6.45) is 3.86. The van der Waals surface area contributed by atoms with Gasteiger partial charge in [0, 0.05) is 24.4 Å². The third kappa shape index (κ3) is 2.55. The number of sulfone groups is 1. The lowest BCUT2D eigenvalue weighted by Gasteiger charge is -2.09. The molecule has 21 heavy (non-hydrogen) atoms. The zero-order valence-corrected chi connectivity index (χ0v) is 13.1. The highest BCUT2D eigenvalue weighted by atomic mass is 32.2. The molecule has 1 aromatic carbocycles. The Bertz CT molecular complexity index is 819. The van der Waals surface area contributed by atoms with Crippen molar-refractivity contribution in [2.45, 2.75) is 24.8 Å². The van der Waals surface area contributed by atoms with Gasteiger partial charge in [0.2, 0.25) is 0 Å². The number of aliphatic imine (C=N–C) groups is 1. The van der Waals surface area contributed by atoms with Gasteiger partial charge in [0.25, 0.3) is 0 Å². The first-order valence-electron chi connectivity index (χ1n) is 7.08. The summed E-state index contributed by atoms with van der Waals surface area (Å²) in [6, 6.07) is 5.85. The largest absolute Gasteiger partial charge is 0.370 e. The molecule has 112 valence electrons. The SMILES string of the molecule is CCc1cccc2c(S(C)(=O)=O)cn(CC3=NCCN3)c12. The van der Waals surface area contributed by atoms with Gasteiger partial charge < -0.3 is 9.88 Å². The normalized spacial score (nSPS) is 15.2. The Morgan fingerprint density at radius 3 is 2.81 bits per heavy atom. The molecule has 5 nitrogen and oxygen atoms in total. The van der Waals surface area contributed by atoms with Gasteiger partial charge in [-0.2, -0.15) is 0 Å². The monoisotopic (exact) mass is 305 g/mol. The first-order chi connectivity index (χ1) is 10.0. The summed E-state index contributed by atoms with van der Waals surface area (Å²) in [6.45, 7) is 4.31. The minimum Gasteiger partial charge on any atom is -0.370 e. The Morgan fingerprint density at radius 1 is 1.38 bits per heavy atom. The third-order valence-corrected chi connectivity index (χ3v) is 4.91. The number of hydrogen-bond donors (Lipinski definition) is 1. The summed E-state index contributed by atoms with van der Waals surface area (Å²) in [5.41, 5.74) is 2.15. The Labute approximate surface area is 124 Å². The van der Waals surface area contributed by atoms with E-state index in [1.54, 1.807) is 6.20 Å². The molecule has 1 aliphatic heterocycles. The highest BCUT2D eigenvalue weighted by Gasteiger charge is 2.19. The number of nitrogens with one attached hydrogen (secondary N) is 1. The van der Waals surface area contributed by atoms with E-state index in [0.29, 0.717) is 11.4 Å². The van der Waals surface area contributed by atoms with E-state index < -0.39 is 9.84 Å². The number of nitrogens with zero attached hydrogens (tertiary/aromatic N) is 2. The molecule has 0 spiro atoms. The number of aryl methyl sites for hydroxylation is 1. The van der Waals surface area contributed by atoms with Crippen LogP contribution in [0.3, 0.4) is 0 Å². The average molecular weight is 305 g/mol. The minimum atomic E-state index is -3.25. The smallest absolute Gasteiger partial charge is 0.177 e. The molecule has 2 aromatic rings. The maximum Gasteiger partial charge on any atom is 0.177 e. The van der Waals surface area contributed by atoms with Gasteiger partial charge in [-0.3, -0.25) is 4.99 Å². The molecule has 1 aromatic heterocycles. The molecule has 1 N–H and O–H groups in total. The van der Waals surface area contributed by atoms with Crippen molar-refractivity contribution >= 4 is 26.6 Å². The van der Waals surface area contributed by atoms with Crippen LogP contribution in [0.15, 0.2) is 34.3 Å². The fraction of sp³-hybridized carbons (Fsp3) is 0.400. The first kappa shape index (κ1) is 14.1. The molecule has 0 amide bonds. The van der Waals surface area contributed by atoms with Gasteiger partial charge in [-0.05, 0) is 12.0 Å². The zero-order valence-electron chi connectivity index (χ0n) is 12.3. The van der Waals surface area contributed by atoms with E-state index in [1.807, 2.05) is 16.7 Å². The topological polar surface area (TPSA) is 63.5 Å². The van der Waals surface area contributed by atoms with Crippen molar-refractivity contribution in [2.24, 2.45) is 4.99 Å². The summed E-state index contributed by atoms with van der Waals surface area (Å²) in [5.74, 6) is 0.915. The third-order valence-electron chi connectivity index (χ3n) is 3.79. The van der Waals surface area contributed by atoms with Crippen LogP contribution >= 0.6 is 0 Å². The molecule has 0 radical (unpaired) electrons. The van der Waals surface area contributed by atoms with E-state index in [0.717, 1.165) is 41.8 Å². The van der Waals surface area contributed by atoms with E-state index in [4.69, 9.17) is 0 Å². The zero-order chi connectivity index (χ0) is 15.0. The standard InChI is InChI=1S/C15H19N3O2S/c1-3-11-5-4-6-12-13(21(2,19)20)9-18(15(11)12)10-14-16-7-8-17-14/h4-6,9H,3,7-8,10H2,1-2H3,(H,16,17). The molecule has 0 bridgehead atoms. The van der Waals surface area contributed by atoms with Crippen LogP contribution in [0.5, 0.6) is 0 Å². The molecule has 6 heteroatoms. The lowest BCUT2D eigenvalue weighted by molar-refractivity contribution is 0.602. The van der Waals surface area contributed by atoms with Crippen LogP contribution in [0.2, 0.25) is 0 Å². The van der Waals surface area contributed by atoms with Gasteiger partial charge in [0.05, 0.1) is 23.5 Å². The summed E-state index contributed by atoms with van der Waals surface area (Å²) >= 11 is 0. The van der Waals surface area contributed by atoms with Crippen LogP contribution in [-0.4, -0.2) is 38.2 Å². The van der Waals surface area contributed by atoms with E-state index in [1.165, 1.54) is 6.26 Å². The van der Waals surface area contributed by atoms with Crippen LogP contribution in [0.4, 0.5) is 0 Å². The van der Waals surface area contributed by atoms with Gasteiger partial charge in [-0.15, -0.1) is 0 Å². The van der Waals surface area contributed by atoms with E-state index in [-0.39, 0.29) is 0 Å². The van der Waals surface area contributed by atoms with Crippen molar-refractivity contribution in [3.63, 3.8) is 0 Å². The predicted octanol–water partition coefficient (Wildman–Crippen LogP) is 1.61. The molecule has 0 saturated carbocycles. The van der Waals surface area contributed by atoms with E-state index >= 15 is 0 Å². The minimum absolute atomic E-state index is 0.395. The van der Waals surface area contributed by atoms with Crippen molar-refractivity contribution in [3.8, 4) is 0 Å². The van der Waals surface area contributed by atoms with Crippen molar-refractivity contribution in [1.29, 1.82) is 0 Å². The Morgan fingerprint density at radius 2 is 2.19 bits per heavy atom. The molecule has 0 saturated heterocycles. The highest BCUT2D eigenvalue weighted by molar-refractivity contribution is 7.91. The van der Waals surface area contributed by atoms with Gasteiger partial charge in [0.15, 0.2) is 9.84 Å². The van der Waals surface area contributed by atoms with Crippen molar-refractivity contribution in [1.82, 2.24) is 9.88 Å². The Kier molecular flexibility index (Phi) is 3.49. The lowest BCUT2D eigenvalue weighted by atomic mass is 10.1. The first-order valence-corrected chi connectivity index (χ1v) is 8.98. The number of fused-ring (bicyclic) bond motifs is 1. The van der Waals surface area contributed by atoms with Crippen LogP contribution in [0.25, 0.3) is 10.9 Å². The molecule has 0 atom stereocenters. The summed E-state index contributed by atoms with van der Waals surface area (Å²) in [7, 11) is -3.25. The second kappa shape index (κ2) is 5.18. The quantitative estimate of drug-likeness (QED) is 0.933. The number of rotatable bonds is 4. The van der Waals surface area contributed by atoms with Crippen molar-refractivity contribution < 1.29 is 8.42 Å². The molecule has 0 aliphatic carbocycles. The molecule has 1 aliphatic rings. The van der Waals surface area contributed by atoms with Gasteiger partial charge in [-0.1, -0.05) is 25.1 Å². The molecule has 0 fully saturated rings. The Hall–Kier alpha value is -1.82. The molecule has 2 heterocycles. The second-order valence-electron chi connectivity index (χ2n) is 5.32. The van der Waals surface area contributed by atoms with Crippen molar-refractivity contribution in [2.75, 3.05) is 19.3 Å². The summed E-state index contributed by atoms with van der Waals surface area (Å²) in [4.78, 5) is 4.79. The number of benzene rings is 1. The van der Waals surface area contributed by atoms with Gasteiger partial charge in [0.1, 0.15) is 5.84 Å². The fourth-order valence-electron chi connectivity index (χ4n) is 2.82. The van der Waals surface area contributed by atoms with Crippen LogP contribution < -0.4 is 5.32 Å². The average Bonchev–Trinajstić information content (AvgIpc) is 3.06. The maximum atomic E-state index is 12.0. The number of aromatic nitrogens is 1. The van der Waals surface area contributed by atoms with Gasteiger partial charge in [-0.25, -0.2) is 8.42 Å². The number of para-hydroxylation sites is 1. The van der Waals surface area contributed by atoms with Gasteiger partial charge >= 0.3 is 0 Å². The summed E-state index contributed by atoms with van der Waals surface area (Å²) < 4.78 is 26.1. The van der Waals surface area contributed by atoms with Crippen molar-refractivity contribution in [3.05, 3.63) is 30.0 Å². The fourth-order valence-corrected chi connectivity index (χ4v) is 3.71. The Balaban J connectivity index is 2.22. The summed E-state index contributed by atoms with van der Waals surface area (Å²) in [5, 5.41) is 4.04. The van der Waals surface area contributed by atoms with E-state index in [9.17, 15) is 8.42 Å². The molecular weight excluding hydrogens is 286 g/mol. The highest BCUT2D eigenvalue weighted by Crippen LogP contribution is 2.28.